The Bertz CT molecular complexity index is 247. The third-order valence-corrected chi connectivity index (χ3v) is 1.73. The van der Waals surface area contributed by atoms with E-state index in [0.717, 1.165) is 0 Å². The fourth-order valence-corrected chi connectivity index (χ4v) is 1.13. The molecule has 5 heteroatoms. The van der Waals surface area contributed by atoms with Crippen molar-refractivity contribution in [1.82, 2.24) is 0 Å². The fraction of sp³-hybridized carbons (Fsp3) is 0.571. The van der Waals surface area contributed by atoms with Crippen molar-refractivity contribution >= 4 is 17.7 Å². The highest BCUT2D eigenvalue weighted by molar-refractivity contribution is 6.05. The zero-order valence-corrected chi connectivity index (χ0v) is 6.74. The lowest BCUT2D eigenvalue weighted by Gasteiger charge is -2.01. The molecule has 1 saturated heterocycles. The summed E-state index contributed by atoms with van der Waals surface area (Å²) in [6, 6.07) is -0.771. The van der Waals surface area contributed by atoms with Crippen molar-refractivity contribution in [2.75, 3.05) is 6.61 Å². The molecule has 0 bridgehead atoms. The van der Waals surface area contributed by atoms with E-state index >= 15 is 0 Å². The molecule has 1 atom stereocenters. The summed E-state index contributed by atoms with van der Waals surface area (Å²) in [4.78, 5) is 24.8. The van der Waals surface area contributed by atoms with Gasteiger partial charge < -0.3 is 10.5 Å². The Morgan fingerprint density at radius 2 is 2.42 bits per heavy atom. The number of urea groups is 1. The minimum atomic E-state index is -0.771. The van der Waals surface area contributed by atoms with Gasteiger partial charge in [-0.2, -0.15) is 0 Å². The second kappa shape index (κ2) is 3.34. The molecular formula is C7H10N2O3. The van der Waals surface area contributed by atoms with E-state index < -0.39 is 6.03 Å². The average molecular weight is 170 g/mol. The smallest absolute Gasteiger partial charge is 0.338 e. The molecule has 5 nitrogen and oxygen atoms in total. The quantitative estimate of drug-likeness (QED) is 0.447. The van der Waals surface area contributed by atoms with Gasteiger partial charge in [-0.05, 0) is 6.92 Å². The summed E-state index contributed by atoms with van der Waals surface area (Å²) < 4.78 is 4.70. The van der Waals surface area contributed by atoms with E-state index in [1.807, 2.05) is 0 Å². The summed E-state index contributed by atoms with van der Waals surface area (Å²) in [6.07, 6.45) is 0.585. The van der Waals surface area contributed by atoms with E-state index in [1.54, 1.807) is 6.92 Å². The van der Waals surface area contributed by atoms with Crippen LogP contribution in [0.4, 0.5) is 4.79 Å². The maximum absolute atomic E-state index is 10.9. The van der Waals surface area contributed by atoms with Gasteiger partial charge in [0.15, 0.2) is 0 Å². The first kappa shape index (κ1) is 8.70. The Morgan fingerprint density at radius 3 is 2.83 bits per heavy atom. The van der Waals surface area contributed by atoms with E-state index in [-0.39, 0.29) is 11.9 Å². The van der Waals surface area contributed by atoms with Crippen LogP contribution in [0, 0.1) is 5.92 Å². The lowest BCUT2D eigenvalue weighted by Crippen LogP contribution is -2.19. The molecule has 0 spiro atoms. The van der Waals surface area contributed by atoms with Gasteiger partial charge in [0.2, 0.25) is 0 Å². The molecule has 0 aromatic carbocycles. The summed E-state index contributed by atoms with van der Waals surface area (Å²) in [6.45, 7) is 2.00. The minimum absolute atomic E-state index is 0.322. The van der Waals surface area contributed by atoms with E-state index in [1.165, 1.54) is 0 Å². The molecule has 0 saturated carbocycles. The van der Waals surface area contributed by atoms with Gasteiger partial charge in [-0.25, -0.2) is 9.79 Å². The zero-order chi connectivity index (χ0) is 9.14. The van der Waals surface area contributed by atoms with Crippen molar-refractivity contribution in [2.24, 2.45) is 16.6 Å². The highest BCUT2D eigenvalue weighted by Crippen LogP contribution is 2.15. The topological polar surface area (TPSA) is 81.8 Å². The predicted octanol–water partition coefficient (Wildman–Crippen LogP) is 0.0891. The van der Waals surface area contributed by atoms with Crippen molar-refractivity contribution < 1.29 is 14.3 Å². The van der Waals surface area contributed by atoms with Gasteiger partial charge in [0.05, 0.1) is 12.5 Å². The number of hydrogen-bond acceptors (Lipinski definition) is 3. The van der Waals surface area contributed by atoms with Crippen LogP contribution in [0.15, 0.2) is 4.99 Å². The number of rotatable bonds is 1. The summed E-state index contributed by atoms with van der Waals surface area (Å²) >= 11 is 0. The summed E-state index contributed by atoms with van der Waals surface area (Å²) in [7, 11) is 0. The first-order valence-electron chi connectivity index (χ1n) is 3.62. The van der Waals surface area contributed by atoms with Gasteiger partial charge in [0.1, 0.15) is 0 Å². The molecule has 0 radical (unpaired) electrons. The summed E-state index contributed by atoms with van der Waals surface area (Å²) in [5.41, 5.74) is 5.26. The first-order valence-corrected chi connectivity index (χ1v) is 3.62. The Hall–Kier alpha value is -1.39. The molecule has 0 aliphatic carbocycles. The number of hydrogen-bond donors (Lipinski definition) is 1. The maximum atomic E-state index is 10.9. The Balaban J connectivity index is 2.69. The van der Waals surface area contributed by atoms with Crippen LogP contribution >= 0.6 is 0 Å². The SMILES string of the molecule is C/C(=N\C(N)=O)C1CCOC1=O. The lowest BCUT2D eigenvalue weighted by atomic mass is 10.0. The number of nitrogens with zero attached hydrogens (tertiary/aromatic N) is 1. The van der Waals surface area contributed by atoms with Gasteiger partial charge in [-0.1, -0.05) is 0 Å². The standard InChI is InChI=1S/C7H10N2O3/c1-4(9-7(8)11)5-2-3-12-6(5)10/h5H,2-3H2,1H3,(H2,8,11)/b9-4+. The van der Waals surface area contributed by atoms with E-state index in [2.05, 4.69) is 4.99 Å². The summed E-state index contributed by atoms with van der Waals surface area (Å²) in [5, 5.41) is 0. The number of cyclic esters (lactones) is 1. The molecule has 1 aliphatic heterocycles. The van der Waals surface area contributed by atoms with Crippen molar-refractivity contribution in [3.63, 3.8) is 0 Å². The Labute approximate surface area is 69.6 Å². The molecule has 0 aromatic heterocycles. The number of esters is 1. The Kier molecular flexibility index (Phi) is 2.42. The highest BCUT2D eigenvalue weighted by Gasteiger charge is 2.29. The predicted molar refractivity (Wildman–Crippen MR) is 41.8 cm³/mol. The molecular weight excluding hydrogens is 160 g/mol. The van der Waals surface area contributed by atoms with Crippen LogP contribution in [0.3, 0.4) is 0 Å². The van der Waals surface area contributed by atoms with Gasteiger partial charge in [0, 0.05) is 12.1 Å². The van der Waals surface area contributed by atoms with Crippen molar-refractivity contribution in [3.8, 4) is 0 Å². The van der Waals surface area contributed by atoms with Gasteiger partial charge >= 0.3 is 12.0 Å². The molecule has 66 valence electrons. The number of nitrogens with two attached hydrogens (primary N) is 1. The molecule has 1 fully saturated rings. The molecule has 0 aromatic rings. The van der Waals surface area contributed by atoms with E-state index in [0.29, 0.717) is 18.7 Å². The van der Waals surface area contributed by atoms with Crippen molar-refractivity contribution in [3.05, 3.63) is 0 Å². The van der Waals surface area contributed by atoms with Gasteiger partial charge in [-0.3, -0.25) is 4.79 Å². The number of carbonyl (C=O) groups is 2. The molecule has 2 N–H and O–H groups in total. The largest absolute Gasteiger partial charge is 0.465 e. The molecule has 2 amide bonds. The van der Waals surface area contributed by atoms with Crippen LogP contribution in [0.1, 0.15) is 13.3 Å². The number of primary amides is 1. The van der Waals surface area contributed by atoms with Crippen LogP contribution in [0.25, 0.3) is 0 Å². The van der Waals surface area contributed by atoms with Crippen molar-refractivity contribution in [1.29, 1.82) is 0 Å². The molecule has 12 heavy (non-hydrogen) atoms. The number of carbonyl (C=O) groups excluding carboxylic acids is 2. The summed E-state index contributed by atoms with van der Waals surface area (Å²) in [5.74, 6) is -0.699. The Morgan fingerprint density at radius 1 is 1.75 bits per heavy atom. The van der Waals surface area contributed by atoms with E-state index in [9.17, 15) is 9.59 Å². The van der Waals surface area contributed by atoms with Crippen LogP contribution in [0.5, 0.6) is 0 Å². The zero-order valence-electron chi connectivity index (χ0n) is 6.74. The molecule has 1 rings (SSSR count). The number of ether oxygens (including phenoxy) is 1. The van der Waals surface area contributed by atoms with E-state index in [4.69, 9.17) is 10.5 Å². The van der Waals surface area contributed by atoms with Crippen molar-refractivity contribution in [2.45, 2.75) is 13.3 Å². The van der Waals surface area contributed by atoms with Crippen LogP contribution < -0.4 is 5.73 Å². The van der Waals surface area contributed by atoms with Crippen LogP contribution in [-0.4, -0.2) is 24.3 Å². The molecule has 1 unspecified atom stereocenters. The number of amides is 2. The van der Waals surface area contributed by atoms with Crippen LogP contribution in [0.2, 0.25) is 0 Å². The highest BCUT2D eigenvalue weighted by atomic mass is 16.5. The fourth-order valence-electron chi connectivity index (χ4n) is 1.13. The van der Waals surface area contributed by atoms with Crippen LogP contribution in [-0.2, 0) is 9.53 Å². The van der Waals surface area contributed by atoms with Gasteiger partial charge in [-0.15, -0.1) is 0 Å². The third kappa shape index (κ3) is 1.81. The third-order valence-electron chi connectivity index (χ3n) is 1.73. The number of aliphatic imine (C=N–C) groups is 1. The molecule has 1 aliphatic rings. The molecule has 1 heterocycles. The second-order valence-corrected chi connectivity index (χ2v) is 2.60. The minimum Gasteiger partial charge on any atom is -0.465 e. The average Bonchev–Trinajstić information content (AvgIpc) is 2.33. The lowest BCUT2D eigenvalue weighted by molar-refractivity contribution is -0.139. The van der Waals surface area contributed by atoms with Gasteiger partial charge in [0.25, 0.3) is 0 Å². The second-order valence-electron chi connectivity index (χ2n) is 2.60. The maximum Gasteiger partial charge on any atom is 0.338 e. The normalized spacial score (nSPS) is 23.9. The monoisotopic (exact) mass is 170 g/mol. The first-order chi connectivity index (χ1) is 5.61.